The summed E-state index contributed by atoms with van der Waals surface area (Å²) in [6, 6.07) is 81.0. The molecular weight excluding hydrogens is 879 g/mol. The molecule has 72 heavy (non-hydrogen) atoms. The van der Waals surface area contributed by atoms with E-state index in [-0.39, 0.29) is 0 Å². The lowest BCUT2D eigenvalue weighted by Gasteiger charge is -2.25. The number of furan rings is 1. The Balaban J connectivity index is 1.00. The third kappa shape index (κ3) is 5.66. The summed E-state index contributed by atoms with van der Waals surface area (Å²) in [6.45, 7) is 0. The lowest BCUT2D eigenvalue weighted by atomic mass is 9.99. The van der Waals surface area contributed by atoms with Crippen molar-refractivity contribution < 1.29 is 4.42 Å². The standard InChI is InChI=1S/C66H41N5O/c1-2-20-44(21-3-1)70-57-30-12-10-24-48(57)50-27-15-29-53(62(50)70)66-68-64(67-65(69-66)52-28-14-26-47-45-22-8-7-19-42(45)35-54(47)52)43-36-56-49-25-11-13-31-60(49)72-63(56)59(38-43)71-58-37-41-18-5-4-17-40(41)34-55(58)51-33-32-39-16-6-9-23-46(39)61(51)71/h1-34,36-38,64H,35H2,(H,67,68,69). The van der Waals surface area contributed by atoms with E-state index in [1.54, 1.807) is 0 Å². The number of rotatable bonds is 5. The molecule has 16 rings (SSSR count). The molecule has 11 aromatic carbocycles. The molecule has 0 radical (unpaired) electrons. The molecule has 1 N–H and O–H groups in total. The van der Waals surface area contributed by atoms with Crippen LogP contribution in [-0.4, -0.2) is 20.8 Å². The maximum Gasteiger partial charge on any atom is 0.169 e. The number of nitrogens with zero attached hydrogens (tertiary/aromatic N) is 4. The molecule has 0 bridgehead atoms. The van der Waals surface area contributed by atoms with Gasteiger partial charge in [0.1, 0.15) is 17.3 Å². The van der Waals surface area contributed by atoms with E-state index in [0.29, 0.717) is 0 Å². The molecule has 6 nitrogen and oxygen atoms in total. The summed E-state index contributed by atoms with van der Waals surface area (Å²) in [6.07, 6.45) is 0.188. The predicted molar refractivity (Wildman–Crippen MR) is 297 cm³/mol. The van der Waals surface area contributed by atoms with Gasteiger partial charge in [0.2, 0.25) is 0 Å². The number of nitrogens with one attached hydrogen (secondary N) is 1. The summed E-state index contributed by atoms with van der Waals surface area (Å²) in [5.41, 5.74) is 16.3. The van der Waals surface area contributed by atoms with Gasteiger partial charge in [-0.15, -0.1) is 0 Å². The molecule has 14 aromatic rings. The van der Waals surface area contributed by atoms with E-state index in [9.17, 15) is 0 Å². The van der Waals surface area contributed by atoms with E-state index in [0.717, 1.165) is 95.5 Å². The third-order valence-corrected chi connectivity index (χ3v) is 15.3. The normalized spacial score (nSPS) is 14.5. The van der Waals surface area contributed by atoms with Crippen LogP contribution in [0, 0.1) is 0 Å². The molecular formula is C66H41N5O. The van der Waals surface area contributed by atoms with Gasteiger partial charge in [0.05, 0.1) is 27.8 Å². The number of para-hydroxylation sites is 4. The topological polar surface area (TPSA) is 59.8 Å². The molecule has 336 valence electrons. The van der Waals surface area contributed by atoms with Gasteiger partial charge >= 0.3 is 0 Å². The highest BCUT2D eigenvalue weighted by Gasteiger charge is 2.30. The van der Waals surface area contributed by atoms with Crippen molar-refractivity contribution in [1.29, 1.82) is 0 Å². The Bertz CT molecular complexity index is 4700. The fourth-order valence-electron chi connectivity index (χ4n) is 12.2. The Labute approximate surface area is 413 Å². The Morgan fingerprint density at radius 2 is 1.07 bits per heavy atom. The summed E-state index contributed by atoms with van der Waals surface area (Å²) in [7, 11) is 0. The predicted octanol–water partition coefficient (Wildman–Crippen LogP) is 16.2. The number of aromatic nitrogens is 2. The summed E-state index contributed by atoms with van der Waals surface area (Å²) >= 11 is 0. The first-order chi connectivity index (χ1) is 35.7. The quantitative estimate of drug-likeness (QED) is 0.187. The van der Waals surface area contributed by atoms with Crippen LogP contribution in [0.25, 0.3) is 110 Å². The van der Waals surface area contributed by atoms with E-state index >= 15 is 0 Å². The second kappa shape index (κ2) is 15.0. The Morgan fingerprint density at radius 3 is 1.96 bits per heavy atom. The first-order valence-corrected chi connectivity index (χ1v) is 24.7. The first-order valence-electron chi connectivity index (χ1n) is 24.7. The largest absolute Gasteiger partial charge is 0.454 e. The molecule has 0 saturated carbocycles. The van der Waals surface area contributed by atoms with Gasteiger partial charge in [-0.2, -0.15) is 0 Å². The van der Waals surface area contributed by atoms with Gasteiger partial charge in [-0.1, -0.05) is 170 Å². The van der Waals surface area contributed by atoms with Gasteiger partial charge in [-0.25, -0.2) is 9.98 Å². The van der Waals surface area contributed by atoms with Gasteiger partial charge < -0.3 is 18.9 Å². The van der Waals surface area contributed by atoms with E-state index < -0.39 is 6.17 Å². The molecule has 4 heterocycles. The third-order valence-electron chi connectivity index (χ3n) is 15.3. The summed E-state index contributed by atoms with van der Waals surface area (Å²) in [5.74, 6) is 1.55. The van der Waals surface area contributed by atoms with E-state index in [1.165, 1.54) is 60.0 Å². The molecule has 3 aromatic heterocycles. The van der Waals surface area contributed by atoms with Crippen molar-refractivity contribution >= 4 is 98.8 Å². The number of aliphatic imine (C=N–C) groups is 2. The molecule has 0 spiro atoms. The number of hydrogen-bond acceptors (Lipinski definition) is 4. The van der Waals surface area contributed by atoms with Crippen LogP contribution in [0.5, 0.6) is 0 Å². The van der Waals surface area contributed by atoms with Crippen LogP contribution in [-0.2, 0) is 6.42 Å². The monoisotopic (exact) mass is 919 g/mol. The molecule has 0 fully saturated rings. The van der Waals surface area contributed by atoms with Crippen molar-refractivity contribution in [1.82, 2.24) is 14.5 Å². The van der Waals surface area contributed by atoms with Crippen LogP contribution < -0.4 is 5.32 Å². The summed E-state index contributed by atoms with van der Waals surface area (Å²) < 4.78 is 11.9. The first kappa shape index (κ1) is 39.3. The van der Waals surface area contributed by atoms with Gasteiger partial charge in [-0.3, -0.25) is 0 Å². The van der Waals surface area contributed by atoms with Crippen LogP contribution >= 0.6 is 0 Å². The summed E-state index contributed by atoms with van der Waals surface area (Å²) in [5, 5.41) is 15.4. The SMILES string of the molecule is c1ccc(-n2c3ccccc3c3cccc(C4=NC(c5cc(-n6c7cc8ccccc8cc7c7ccc8ccccc8c76)c6oc7ccccc7c6c5)N=C(c5cccc6c5Cc5ccccc5-6)N4)c32)cc1. The second-order valence-electron chi connectivity index (χ2n) is 19.3. The van der Waals surface area contributed by atoms with Crippen molar-refractivity contribution in [3.05, 3.63) is 252 Å². The summed E-state index contributed by atoms with van der Waals surface area (Å²) in [4.78, 5) is 11.5. The number of amidine groups is 2. The highest BCUT2D eigenvalue weighted by Crippen LogP contribution is 2.45. The Morgan fingerprint density at radius 1 is 0.417 bits per heavy atom. The molecule has 1 aliphatic carbocycles. The van der Waals surface area contributed by atoms with Crippen LogP contribution in [0.1, 0.15) is 34.0 Å². The van der Waals surface area contributed by atoms with E-state index in [1.807, 2.05) is 0 Å². The van der Waals surface area contributed by atoms with Gasteiger partial charge in [0.25, 0.3) is 0 Å². The minimum absolute atomic E-state index is 0.636. The van der Waals surface area contributed by atoms with Crippen molar-refractivity contribution in [2.24, 2.45) is 9.98 Å². The average Bonchev–Trinajstić information content (AvgIpc) is 4.20. The zero-order chi connectivity index (χ0) is 47.0. The Hall–Kier alpha value is -9.52. The second-order valence-corrected chi connectivity index (χ2v) is 19.3. The maximum atomic E-state index is 7.03. The van der Waals surface area contributed by atoms with Gasteiger partial charge in [0, 0.05) is 60.1 Å². The van der Waals surface area contributed by atoms with Crippen molar-refractivity contribution in [2.45, 2.75) is 12.6 Å². The van der Waals surface area contributed by atoms with Crippen molar-refractivity contribution in [3.63, 3.8) is 0 Å². The van der Waals surface area contributed by atoms with E-state index in [2.05, 4.69) is 239 Å². The maximum absolute atomic E-state index is 7.03. The zero-order valence-corrected chi connectivity index (χ0v) is 38.8. The zero-order valence-electron chi connectivity index (χ0n) is 38.8. The van der Waals surface area contributed by atoms with Crippen LogP contribution in [0.15, 0.2) is 239 Å². The molecule has 0 saturated heterocycles. The van der Waals surface area contributed by atoms with E-state index in [4.69, 9.17) is 14.4 Å². The molecule has 1 unspecified atom stereocenters. The average molecular weight is 920 g/mol. The van der Waals surface area contributed by atoms with Crippen LogP contribution in [0.4, 0.5) is 0 Å². The number of benzene rings is 11. The molecule has 2 aliphatic rings. The van der Waals surface area contributed by atoms with Crippen LogP contribution in [0.2, 0.25) is 0 Å². The van der Waals surface area contributed by atoms with Gasteiger partial charge in [-0.05, 0) is 99.4 Å². The number of hydrogen-bond donors (Lipinski definition) is 1. The fourth-order valence-corrected chi connectivity index (χ4v) is 12.2. The minimum atomic E-state index is -0.636. The van der Waals surface area contributed by atoms with Crippen molar-refractivity contribution in [3.8, 4) is 22.5 Å². The Kier molecular flexibility index (Phi) is 8.19. The molecule has 1 atom stereocenters. The smallest absolute Gasteiger partial charge is 0.169 e. The van der Waals surface area contributed by atoms with Crippen LogP contribution in [0.3, 0.4) is 0 Å². The molecule has 0 amide bonds. The fraction of sp³-hybridized carbons (Fsp3) is 0.0303. The highest BCUT2D eigenvalue weighted by molar-refractivity contribution is 6.24. The minimum Gasteiger partial charge on any atom is -0.454 e. The lowest BCUT2D eigenvalue weighted by molar-refractivity contribution is 0.665. The van der Waals surface area contributed by atoms with Gasteiger partial charge in [0.15, 0.2) is 11.7 Å². The van der Waals surface area contributed by atoms with Crippen molar-refractivity contribution in [2.75, 3.05) is 0 Å². The highest BCUT2D eigenvalue weighted by atomic mass is 16.3. The molecule has 1 aliphatic heterocycles. The number of fused-ring (bicyclic) bond motifs is 15. The molecule has 6 heteroatoms. The lowest BCUT2D eigenvalue weighted by Crippen LogP contribution is -2.36.